The van der Waals surface area contributed by atoms with Gasteiger partial charge in [-0.25, -0.2) is 0 Å². The molecule has 0 saturated carbocycles. The first-order chi connectivity index (χ1) is 9.51. The molecule has 1 saturated heterocycles. The number of aliphatic hydroxyl groups excluding tert-OH is 1. The molecule has 1 fully saturated rings. The van der Waals surface area contributed by atoms with Crippen LogP contribution in [-0.2, 0) is 16.8 Å². The van der Waals surface area contributed by atoms with E-state index in [1.54, 1.807) is 0 Å². The summed E-state index contributed by atoms with van der Waals surface area (Å²) < 4.78 is 28.5. The Morgan fingerprint density at radius 1 is 1.45 bits per heavy atom. The van der Waals surface area contributed by atoms with Crippen molar-refractivity contribution in [1.29, 1.82) is 0 Å². The molecule has 6 heteroatoms. The van der Waals surface area contributed by atoms with Crippen molar-refractivity contribution < 1.29 is 13.5 Å². The van der Waals surface area contributed by atoms with Gasteiger partial charge in [0.25, 0.3) is 10.2 Å². The Kier molecular flexibility index (Phi) is 5.15. The van der Waals surface area contributed by atoms with Crippen LogP contribution in [0, 0.1) is 12.8 Å². The van der Waals surface area contributed by atoms with Crippen LogP contribution in [0.5, 0.6) is 0 Å². The second kappa shape index (κ2) is 6.67. The van der Waals surface area contributed by atoms with Crippen molar-refractivity contribution in [3.63, 3.8) is 0 Å². The average Bonchev–Trinajstić information content (AvgIpc) is 2.45. The van der Waals surface area contributed by atoms with E-state index in [2.05, 4.69) is 4.72 Å². The number of hydrogen-bond donors (Lipinski definition) is 2. The van der Waals surface area contributed by atoms with Gasteiger partial charge in [-0.2, -0.15) is 17.4 Å². The average molecular weight is 298 g/mol. The van der Waals surface area contributed by atoms with Gasteiger partial charge in [0.05, 0.1) is 0 Å². The molecule has 5 nitrogen and oxygen atoms in total. The molecule has 20 heavy (non-hydrogen) atoms. The van der Waals surface area contributed by atoms with Crippen LogP contribution < -0.4 is 4.72 Å². The summed E-state index contributed by atoms with van der Waals surface area (Å²) in [6.07, 6.45) is 1.69. The first-order valence-corrected chi connectivity index (χ1v) is 8.36. The first-order valence-electron chi connectivity index (χ1n) is 6.92. The predicted molar refractivity (Wildman–Crippen MR) is 78.3 cm³/mol. The number of nitrogens with zero attached hydrogens (tertiary/aromatic N) is 1. The molecule has 0 amide bonds. The van der Waals surface area contributed by atoms with Crippen molar-refractivity contribution in [2.75, 3.05) is 19.7 Å². The predicted octanol–water partition coefficient (Wildman–Crippen LogP) is 1.03. The summed E-state index contributed by atoms with van der Waals surface area (Å²) in [5.41, 5.74) is 2.06. The van der Waals surface area contributed by atoms with E-state index in [-0.39, 0.29) is 12.5 Å². The van der Waals surface area contributed by atoms with Gasteiger partial charge in [-0.15, -0.1) is 0 Å². The van der Waals surface area contributed by atoms with Crippen molar-refractivity contribution in [1.82, 2.24) is 9.03 Å². The Balaban J connectivity index is 1.97. The van der Waals surface area contributed by atoms with Crippen LogP contribution in [0.4, 0.5) is 0 Å². The smallest absolute Gasteiger partial charge is 0.279 e. The van der Waals surface area contributed by atoms with E-state index < -0.39 is 10.2 Å². The largest absolute Gasteiger partial charge is 0.396 e. The number of aliphatic hydroxyl groups is 1. The van der Waals surface area contributed by atoms with E-state index in [0.29, 0.717) is 19.6 Å². The van der Waals surface area contributed by atoms with E-state index in [1.807, 2.05) is 31.2 Å². The molecule has 0 spiro atoms. The maximum atomic E-state index is 12.2. The molecule has 1 aliphatic rings. The van der Waals surface area contributed by atoms with Gasteiger partial charge in [-0.1, -0.05) is 29.8 Å². The van der Waals surface area contributed by atoms with Crippen LogP contribution in [-0.4, -0.2) is 37.5 Å². The SMILES string of the molecule is Cc1cccc(CNS(=O)(=O)N2CCCC(CO)C2)c1. The highest BCUT2D eigenvalue weighted by Gasteiger charge is 2.28. The molecule has 1 aromatic carbocycles. The lowest BCUT2D eigenvalue weighted by Crippen LogP contribution is -2.46. The number of hydrogen-bond acceptors (Lipinski definition) is 3. The zero-order valence-electron chi connectivity index (χ0n) is 11.7. The summed E-state index contributed by atoms with van der Waals surface area (Å²) in [5.74, 6) is 0.0549. The Bertz CT molecular complexity index is 545. The minimum absolute atomic E-state index is 0.0455. The molecule has 0 aliphatic carbocycles. The highest BCUT2D eigenvalue weighted by Crippen LogP contribution is 2.18. The van der Waals surface area contributed by atoms with Gasteiger partial charge < -0.3 is 5.11 Å². The molecule has 0 radical (unpaired) electrons. The zero-order valence-corrected chi connectivity index (χ0v) is 12.6. The first kappa shape index (κ1) is 15.4. The van der Waals surface area contributed by atoms with Crippen molar-refractivity contribution in [3.8, 4) is 0 Å². The van der Waals surface area contributed by atoms with Crippen LogP contribution in [0.15, 0.2) is 24.3 Å². The minimum Gasteiger partial charge on any atom is -0.396 e. The lowest BCUT2D eigenvalue weighted by atomic mass is 10.0. The fourth-order valence-corrected chi connectivity index (χ4v) is 3.79. The van der Waals surface area contributed by atoms with Crippen LogP contribution in [0.3, 0.4) is 0 Å². The zero-order chi connectivity index (χ0) is 14.6. The van der Waals surface area contributed by atoms with Gasteiger partial charge in [-0.3, -0.25) is 0 Å². The van der Waals surface area contributed by atoms with Crippen LogP contribution in [0.25, 0.3) is 0 Å². The summed E-state index contributed by atoms with van der Waals surface area (Å²) in [4.78, 5) is 0. The number of aryl methyl sites for hydroxylation is 1. The minimum atomic E-state index is -3.47. The molecule has 1 aliphatic heterocycles. The molecule has 1 unspecified atom stereocenters. The van der Waals surface area contributed by atoms with Crippen molar-refractivity contribution in [3.05, 3.63) is 35.4 Å². The number of nitrogens with one attached hydrogen (secondary N) is 1. The number of piperidine rings is 1. The van der Waals surface area contributed by atoms with E-state index in [9.17, 15) is 13.5 Å². The fourth-order valence-electron chi connectivity index (χ4n) is 2.48. The van der Waals surface area contributed by atoms with Crippen LogP contribution >= 0.6 is 0 Å². The van der Waals surface area contributed by atoms with Gasteiger partial charge in [0.15, 0.2) is 0 Å². The summed E-state index contributed by atoms with van der Waals surface area (Å²) in [5, 5.41) is 9.17. The third-order valence-electron chi connectivity index (χ3n) is 3.62. The molecule has 1 atom stereocenters. The highest BCUT2D eigenvalue weighted by atomic mass is 32.2. The van der Waals surface area contributed by atoms with Crippen LogP contribution in [0.1, 0.15) is 24.0 Å². The summed E-state index contributed by atoms with van der Waals surface area (Å²) in [6.45, 7) is 3.25. The molecule has 112 valence electrons. The summed E-state index contributed by atoms with van der Waals surface area (Å²) >= 11 is 0. The summed E-state index contributed by atoms with van der Waals surface area (Å²) in [6, 6.07) is 7.77. The van der Waals surface area contributed by atoms with Gasteiger partial charge in [0.1, 0.15) is 0 Å². The standard InChI is InChI=1S/C14H22N2O3S/c1-12-4-2-5-13(8-12)9-15-20(18,19)16-7-3-6-14(10-16)11-17/h2,4-5,8,14-15,17H,3,6-7,9-11H2,1H3. The monoisotopic (exact) mass is 298 g/mol. The summed E-state index contributed by atoms with van der Waals surface area (Å²) in [7, 11) is -3.47. The molecule has 0 aromatic heterocycles. The third kappa shape index (κ3) is 4.02. The maximum Gasteiger partial charge on any atom is 0.279 e. The van der Waals surface area contributed by atoms with Gasteiger partial charge in [0, 0.05) is 26.2 Å². The van der Waals surface area contributed by atoms with Crippen molar-refractivity contribution in [2.24, 2.45) is 5.92 Å². The fraction of sp³-hybridized carbons (Fsp3) is 0.571. The second-order valence-corrected chi connectivity index (χ2v) is 7.12. The van der Waals surface area contributed by atoms with E-state index in [0.717, 1.165) is 24.0 Å². The Morgan fingerprint density at radius 2 is 2.25 bits per heavy atom. The number of benzene rings is 1. The molecule has 1 aromatic rings. The Morgan fingerprint density at radius 3 is 2.95 bits per heavy atom. The topological polar surface area (TPSA) is 69.6 Å². The maximum absolute atomic E-state index is 12.2. The second-order valence-electron chi connectivity index (χ2n) is 5.36. The normalized spacial score (nSPS) is 21.0. The Hall–Kier alpha value is -0.950. The quantitative estimate of drug-likeness (QED) is 0.853. The van der Waals surface area contributed by atoms with Crippen molar-refractivity contribution in [2.45, 2.75) is 26.3 Å². The molecule has 2 N–H and O–H groups in total. The third-order valence-corrected chi connectivity index (χ3v) is 5.14. The van der Waals surface area contributed by atoms with Gasteiger partial charge >= 0.3 is 0 Å². The number of rotatable bonds is 5. The van der Waals surface area contributed by atoms with Gasteiger partial charge in [0.2, 0.25) is 0 Å². The van der Waals surface area contributed by atoms with E-state index >= 15 is 0 Å². The molecular weight excluding hydrogens is 276 g/mol. The van der Waals surface area contributed by atoms with E-state index in [1.165, 1.54) is 4.31 Å². The lowest BCUT2D eigenvalue weighted by molar-refractivity contribution is 0.164. The molecule has 0 bridgehead atoms. The van der Waals surface area contributed by atoms with Crippen LogP contribution in [0.2, 0.25) is 0 Å². The Labute approximate surface area is 120 Å². The van der Waals surface area contributed by atoms with Crippen molar-refractivity contribution >= 4 is 10.2 Å². The molecule has 1 heterocycles. The van der Waals surface area contributed by atoms with E-state index in [4.69, 9.17) is 0 Å². The molecular formula is C14H22N2O3S. The molecule has 2 rings (SSSR count). The van der Waals surface area contributed by atoms with Gasteiger partial charge in [-0.05, 0) is 31.2 Å². The highest BCUT2D eigenvalue weighted by molar-refractivity contribution is 7.87. The lowest BCUT2D eigenvalue weighted by Gasteiger charge is -2.30.